The molecule has 0 spiro atoms. The van der Waals surface area contributed by atoms with E-state index in [0.29, 0.717) is 12.2 Å². The summed E-state index contributed by atoms with van der Waals surface area (Å²) < 4.78 is 0. The molecule has 3 rings (SSSR count). The van der Waals surface area contributed by atoms with Crippen LogP contribution in [0.5, 0.6) is 0 Å². The summed E-state index contributed by atoms with van der Waals surface area (Å²) in [5, 5.41) is 11.7. The van der Waals surface area contributed by atoms with Gasteiger partial charge in [0.05, 0.1) is 11.5 Å². The molecule has 0 radical (unpaired) electrons. The van der Waals surface area contributed by atoms with Gasteiger partial charge in [-0.05, 0) is 55.9 Å². The van der Waals surface area contributed by atoms with Gasteiger partial charge in [-0.2, -0.15) is 0 Å². The summed E-state index contributed by atoms with van der Waals surface area (Å²) in [5.41, 5.74) is 0.721. The summed E-state index contributed by atoms with van der Waals surface area (Å²) >= 11 is 0. The zero-order valence-corrected chi connectivity index (χ0v) is 14.4. The van der Waals surface area contributed by atoms with Crippen LogP contribution in [-0.4, -0.2) is 40.4 Å². The van der Waals surface area contributed by atoms with Crippen LogP contribution in [0.2, 0.25) is 0 Å². The fraction of sp³-hybridized carbons (Fsp3) is 0.526. The molecule has 25 heavy (non-hydrogen) atoms. The number of anilines is 1. The maximum atomic E-state index is 12.5. The number of carbonyl (C=O) groups is 3. The van der Waals surface area contributed by atoms with Crippen LogP contribution in [0.1, 0.15) is 49.4 Å². The number of rotatable bonds is 4. The summed E-state index contributed by atoms with van der Waals surface area (Å²) in [7, 11) is 0. The van der Waals surface area contributed by atoms with Gasteiger partial charge in [-0.1, -0.05) is 6.92 Å². The van der Waals surface area contributed by atoms with E-state index in [-0.39, 0.29) is 35.8 Å². The average Bonchev–Trinajstić information content (AvgIpc) is 2.98. The van der Waals surface area contributed by atoms with Crippen molar-refractivity contribution in [2.24, 2.45) is 11.8 Å². The Bertz CT molecular complexity index is 663. The van der Waals surface area contributed by atoms with E-state index in [1.807, 2.05) is 4.90 Å². The predicted octanol–water partition coefficient (Wildman–Crippen LogP) is 2.75. The number of benzene rings is 1. The van der Waals surface area contributed by atoms with Gasteiger partial charge in [-0.25, -0.2) is 4.79 Å². The number of carbonyl (C=O) groups excluding carboxylic acids is 2. The molecule has 1 aliphatic carbocycles. The number of carboxylic acids is 1. The number of hydrogen-bond acceptors (Lipinski definition) is 3. The molecule has 1 saturated carbocycles. The van der Waals surface area contributed by atoms with Crippen molar-refractivity contribution in [2.45, 2.75) is 45.1 Å². The summed E-state index contributed by atoms with van der Waals surface area (Å²) in [5.74, 6) is -0.728. The van der Waals surface area contributed by atoms with E-state index in [2.05, 4.69) is 12.2 Å². The second kappa shape index (κ2) is 7.25. The van der Waals surface area contributed by atoms with Gasteiger partial charge in [0, 0.05) is 24.7 Å². The molecule has 1 aromatic carbocycles. The highest BCUT2D eigenvalue weighted by molar-refractivity contribution is 5.97. The average molecular weight is 344 g/mol. The molecule has 2 amide bonds. The third kappa shape index (κ3) is 4.00. The SMILES string of the molecule is CC1CCC(N2CC(C(=O)Nc3ccc(C(=O)O)cc3)CC2=O)CC1. The Morgan fingerprint density at radius 2 is 1.76 bits per heavy atom. The van der Waals surface area contributed by atoms with Gasteiger partial charge in [0.25, 0.3) is 0 Å². The first kappa shape index (κ1) is 17.5. The molecule has 0 bridgehead atoms. The lowest BCUT2D eigenvalue weighted by molar-refractivity contribution is -0.130. The lowest BCUT2D eigenvalue weighted by Crippen LogP contribution is -2.39. The molecule has 2 aliphatic rings. The highest BCUT2D eigenvalue weighted by atomic mass is 16.4. The van der Waals surface area contributed by atoms with Crippen LogP contribution in [0.4, 0.5) is 5.69 Å². The molecule has 1 aliphatic heterocycles. The van der Waals surface area contributed by atoms with Crippen LogP contribution in [0.15, 0.2) is 24.3 Å². The fourth-order valence-electron chi connectivity index (χ4n) is 3.75. The molecule has 1 unspecified atom stereocenters. The smallest absolute Gasteiger partial charge is 0.335 e. The minimum absolute atomic E-state index is 0.0703. The van der Waals surface area contributed by atoms with Crippen molar-refractivity contribution in [1.29, 1.82) is 0 Å². The molecule has 1 heterocycles. The monoisotopic (exact) mass is 344 g/mol. The Kier molecular flexibility index (Phi) is 5.06. The molecule has 1 atom stereocenters. The van der Waals surface area contributed by atoms with E-state index in [1.54, 1.807) is 12.1 Å². The normalized spacial score (nSPS) is 26.5. The van der Waals surface area contributed by atoms with Crippen LogP contribution in [-0.2, 0) is 9.59 Å². The second-order valence-corrected chi connectivity index (χ2v) is 7.23. The minimum atomic E-state index is -1.00. The molecule has 2 N–H and O–H groups in total. The number of likely N-dealkylation sites (tertiary alicyclic amines) is 1. The largest absolute Gasteiger partial charge is 0.478 e. The Balaban J connectivity index is 1.58. The van der Waals surface area contributed by atoms with Gasteiger partial charge in [-0.15, -0.1) is 0 Å². The van der Waals surface area contributed by atoms with E-state index in [4.69, 9.17) is 5.11 Å². The van der Waals surface area contributed by atoms with Crippen LogP contribution in [0.3, 0.4) is 0 Å². The van der Waals surface area contributed by atoms with Crippen molar-refractivity contribution in [3.05, 3.63) is 29.8 Å². The molecule has 1 aromatic rings. The van der Waals surface area contributed by atoms with Crippen LogP contribution in [0, 0.1) is 11.8 Å². The maximum Gasteiger partial charge on any atom is 0.335 e. The molecule has 134 valence electrons. The van der Waals surface area contributed by atoms with E-state index >= 15 is 0 Å². The van der Waals surface area contributed by atoms with Crippen molar-refractivity contribution in [1.82, 2.24) is 4.90 Å². The number of nitrogens with zero attached hydrogens (tertiary/aromatic N) is 1. The molecular weight excluding hydrogens is 320 g/mol. The zero-order valence-electron chi connectivity index (χ0n) is 14.4. The third-order valence-corrected chi connectivity index (χ3v) is 5.35. The fourth-order valence-corrected chi connectivity index (χ4v) is 3.75. The Morgan fingerprint density at radius 1 is 1.12 bits per heavy atom. The van der Waals surface area contributed by atoms with Gasteiger partial charge in [-0.3, -0.25) is 9.59 Å². The van der Waals surface area contributed by atoms with E-state index in [9.17, 15) is 14.4 Å². The molecule has 0 aromatic heterocycles. The maximum absolute atomic E-state index is 12.5. The number of nitrogens with one attached hydrogen (secondary N) is 1. The summed E-state index contributed by atoms with van der Waals surface area (Å²) in [6.07, 6.45) is 4.59. The van der Waals surface area contributed by atoms with Crippen LogP contribution < -0.4 is 5.32 Å². The number of aromatic carboxylic acids is 1. The number of amides is 2. The summed E-state index contributed by atoms with van der Waals surface area (Å²) in [6.45, 7) is 2.73. The Hall–Kier alpha value is -2.37. The van der Waals surface area contributed by atoms with Crippen molar-refractivity contribution in [3.8, 4) is 0 Å². The van der Waals surface area contributed by atoms with Gasteiger partial charge in [0.2, 0.25) is 11.8 Å². The van der Waals surface area contributed by atoms with Gasteiger partial charge in [0.1, 0.15) is 0 Å². The van der Waals surface area contributed by atoms with Crippen LogP contribution in [0.25, 0.3) is 0 Å². The second-order valence-electron chi connectivity index (χ2n) is 7.23. The summed E-state index contributed by atoms with van der Waals surface area (Å²) in [6, 6.07) is 6.31. The zero-order chi connectivity index (χ0) is 18.0. The Morgan fingerprint density at radius 3 is 2.36 bits per heavy atom. The van der Waals surface area contributed by atoms with Crippen LogP contribution >= 0.6 is 0 Å². The minimum Gasteiger partial charge on any atom is -0.478 e. The number of carboxylic acid groups (broad SMARTS) is 1. The van der Waals surface area contributed by atoms with Gasteiger partial charge >= 0.3 is 5.97 Å². The summed E-state index contributed by atoms with van der Waals surface area (Å²) in [4.78, 5) is 37.5. The highest BCUT2D eigenvalue weighted by Crippen LogP contribution is 2.31. The first-order valence-corrected chi connectivity index (χ1v) is 8.87. The lowest BCUT2D eigenvalue weighted by Gasteiger charge is -2.33. The lowest BCUT2D eigenvalue weighted by atomic mass is 9.87. The highest BCUT2D eigenvalue weighted by Gasteiger charge is 2.38. The molecule has 6 heteroatoms. The van der Waals surface area contributed by atoms with E-state index < -0.39 is 5.97 Å². The van der Waals surface area contributed by atoms with Gasteiger partial charge in [0.15, 0.2) is 0 Å². The molecular formula is C19H24N2O4. The molecule has 6 nitrogen and oxygen atoms in total. The third-order valence-electron chi connectivity index (χ3n) is 5.35. The molecule has 1 saturated heterocycles. The van der Waals surface area contributed by atoms with E-state index in [1.165, 1.54) is 12.1 Å². The standard InChI is InChI=1S/C19H24N2O4/c1-12-2-8-16(9-3-12)21-11-14(10-17(21)22)18(23)20-15-6-4-13(5-7-15)19(24)25/h4-7,12,14,16H,2-3,8-11H2,1H3,(H,20,23)(H,24,25). The quantitative estimate of drug-likeness (QED) is 0.879. The van der Waals surface area contributed by atoms with Crippen molar-refractivity contribution in [3.63, 3.8) is 0 Å². The van der Waals surface area contributed by atoms with Gasteiger partial charge < -0.3 is 15.3 Å². The van der Waals surface area contributed by atoms with Crippen molar-refractivity contribution < 1.29 is 19.5 Å². The predicted molar refractivity (Wildman–Crippen MR) is 93.3 cm³/mol. The Labute approximate surface area is 147 Å². The topological polar surface area (TPSA) is 86.7 Å². The first-order chi connectivity index (χ1) is 11.9. The van der Waals surface area contributed by atoms with Crippen molar-refractivity contribution >= 4 is 23.5 Å². The molecule has 2 fully saturated rings. The van der Waals surface area contributed by atoms with E-state index in [0.717, 1.165) is 31.6 Å². The van der Waals surface area contributed by atoms with Crippen molar-refractivity contribution in [2.75, 3.05) is 11.9 Å². The number of hydrogen-bond donors (Lipinski definition) is 2. The first-order valence-electron chi connectivity index (χ1n) is 8.87.